The van der Waals surface area contributed by atoms with Crippen LogP contribution in [0.3, 0.4) is 0 Å². The molecule has 3 N–H and O–H groups in total. The molecule has 0 bridgehead atoms. The lowest BCUT2D eigenvalue weighted by Gasteiger charge is -2.24. The maximum atomic E-state index is 12.7. The van der Waals surface area contributed by atoms with Crippen molar-refractivity contribution >= 4 is 35.0 Å². The fourth-order valence-corrected chi connectivity index (χ4v) is 3.13. The molecular weight excluding hydrogens is 380 g/mol. The Kier molecular flexibility index (Phi) is 4.58. The first kappa shape index (κ1) is 17.8. The average Bonchev–Trinajstić information content (AvgIpc) is 3.14. The normalized spacial score (nSPS) is 15.2. The van der Waals surface area contributed by atoms with Crippen molar-refractivity contribution < 1.29 is 14.7 Å². The van der Waals surface area contributed by atoms with Gasteiger partial charge in [0.05, 0.1) is 12.2 Å². The molecule has 140 valence electrons. The summed E-state index contributed by atoms with van der Waals surface area (Å²) in [6, 6.07) is 15.6. The van der Waals surface area contributed by atoms with E-state index in [9.17, 15) is 14.7 Å². The number of hydrogen-bond donors (Lipinski definition) is 3. The molecule has 0 spiro atoms. The molecule has 1 amide bonds. The van der Waals surface area contributed by atoms with Crippen molar-refractivity contribution in [3.63, 3.8) is 0 Å². The number of carboxylic acids is 1. The van der Waals surface area contributed by atoms with E-state index in [2.05, 4.69) is 15.7 Å². The summed E-state index contributed by atoms with van der Waals surface area (Å²) in [5, 5.41) is 19.9. The number of rotatable bonds is 4. The van der Waals surface area contributed by atoms with Crippen LogP contribution < -0.4 is 10.6 Å². The highest BCUT2D eigenvalue weighted by Gasteiger charge is 2.29. The second-order valence-corrected chi connectivity index (χ2v) is 6.61. The van der Waals surface area contributed by atoms with Crippen LogP contribution in [-0.4, -0.2) is 26.8 Å². The first-order valence-electron chi connectivity index (χ1n) is 8.44. The smallest absolute Gasteiger partial charge is 0.352 e. The van der Waals surface area contributed by atoms with Crippen molar-refractivity contribution in [3.8, 4) is 0 Å². The molecule has 1 aromatic heterocycles. The van der Waals surface area contributed by atoms with Gasteiger partial charge in [-0.25, -0.2) is 9.48 Å². The van der Waals surface area contributed by atoms with Crippen molar-refractivity contribution in [2.45, 2.75) is 6.04 Å². The number of halogens is 1. The topological polar surface area (TPSA) is 96.2 Å². The van der Waals surface area contributed by atoms with Gasteiger partial charge in [0.25, 0.3) is 5.91 Å². The molecule has 3 aromatic rings. The van der Waals surface area contributed by atoms with E-state index in [1.165, 1.54) is 6.20 Å². The van der Waals surface area contributed by atoms with Crippen molar-refractivity contribution in [2.75, 3.05) is 10.6 Å². The van der Waals surface area contributed by atoms with E-state index in [1.54, 1.807) is 35.0 Å². The molecule has 0 saturated heterocycles. The number of nitrogens with one attached hydrogen (secondary N) is 2. The van der Waals surface area contributed by atoms with E-state index in [4.69, 9.17) is 11.6 Å². The molecule has 2 aromatic carbocycles. The third-order valence-corrected chi connectivity index (χ3v) is 4.61. The van der Waals surface area contributed by atoms with Crippen LogP contribution in [-0.2, 0) is 4.79 Å². The summed E-state index contributed by atoms with van der Waals surface area (Å²) < 4.78 is 1.60. The van der Waals surface area contributed by atoms with Crippen LogP contribution in [0.25, 0.3) is 0 Å². The molecule has 28 heavy (non-hydrogen) atoms. The monoisotopic (exact) mass is 394 g/mol. The number of amides is 1. The zero-order valence-electron chi connectivity index (χ0n) is 14.5. The fourth-order valence-electron chi connectivity index (χ4n) is 3.01. The van der Waals surface area contributed by atoms with Gasteiger partial charge < -0.3 is 15.7 Å². The molecule has 8 heteroatoms. The SMILES string of the molecule is O=C(O)C1=C[C@H](c2ccccc2)n2ncc(C(=O)Nc3ccc(Cl)cc3)c2N1. The summed E-state index contributed by atoms with van der Waals surface area (Å²) >= 11 is 5.86. The highest BCUT2D eigenvalue weighted by atomic mass is 35.5. The summed E-state index contributed by atoms with van der Waals surface area (Å²) in [4.78, 5) is 24.3. The minimum absolute atomic E-state index is 0.0117. The molecule has 0 radical (unpaired) electrons. The number of hydrogen-bond acceptors (Lipinski definition) is 4. The van der Waals surface area contributed by atoms with Crippen molar-refractivity contribution in [2.24, 2.45) is 0 Å². The van der Waals surface area contributed by atoms with Gasteiger partial charge in [-0.2, -0.15) is 5.10 Å². The number of carbonyl (C=O) groups is 2. The number of nitrogens with zero attached hydrogens (tertiary/aromatic N) is 2. The lowest BCUT2D eigenvalue weighted by atomic mass is 10.0. The molecule has 2 heterocycles. The highest BCUT2D eigenvalue weighted by Crippen LogP contribution is 2.32. The Hall–Kier alpha value is -3.58. The summed E-state index contributed by atoms with van der Waals surface area (Å²) in [5.74, 6) is -1.20. The number of anilines is 2. The molecule has 0 aliphatic carbocycles. The molecule has 7 nitrogen and oxygen atoms in total. The maximum Gasteiger partial charge on any atom is 0.352 e. The average molecular weight is 395 g/mol. The van der Waals surface area contributed by atoms with Crippen LogP contribution >= 0.6 is 11.6 Å². The van der Waals surface area contributed by atoms with Crippen LogP contribution in [0.2, 0.25) is 5.02 Å². The van der Waals surface area contributed by atoms with Gasteiger partial charge in [0.15, 0.2) is 0 Å². The zero-order chi connectivity index (χ0) is 19.7. The zero-order valence-corrected chi connectivity index (χ0v) is 15.2. The van der Waals surface area contributed by atoms with Crippen LogP contribution in [0.4, 0.5) is 11.5 Å². The number of aromatic nitrogens is 2. The first-order valence-corrected chi connectivity index (χ1v) is 8.82. The number of allylic oxidation sites excluding steroid dienone is 1. The quantitative estimate of drug-likeness (QED) is 0.626. The third kappa shape index (κ3) is 3.35. The summed E-state index contributed by atoms with van der Waals surface area (Å²) in [6.45, 7) is 0. The van der Waals surface area contributed by atoms with E-state index in [0.717, 1.165) is 5.56 Å². The lowest BCUT2D eigenvalue weighted by Crippen LogP contribution is -2.25. The number of benzene rings is 2. The largest absolute Gasteiger partial charge is 0.477 e. The number of fused-ring (bicyclic) bond motifs is 1. The lowest BCUT2D eigenvalue weighted by molar-refractivity contribution is -0.132. The Bertz CT molecular complexity index is 1070. The molecule has 1 aliphatic heterocycles. The van der Waals surface area contributed by atoms with E-state index in [0.29, 0.717) is 16.5 Å². The van der Waals surface area contributed by atoms with Crippen molar-refractivity contribution in [1.29, 1.82) is 0 Å². The first-order chi connectivity index (χ1) is 13.5. The Morgan fingerprint density at radius 3 is 2.50 bits per heavy atom. The Balaban J connectivity index is 1.70. The maximum absolute atomic E-state index is 12.7. The van der Waals surface area contributed by atoms with Gasteiger partial charge in [-0.15, -0.1) is 0 Å². The van der Waals surface area contributed by atoms with Gasteiger partial charge in [-0.05, 0) is 35.9 Å². The van der Waals surface area contributed by atoms with Gasteiger partial charge in [-0.1, -0.05) is 41.9 Å². The predicted molar refractivity (Wildman–Crippen MR) is 106 cm³/mol. The fraction of sp³-hybridized carbons (Fsp3) is 0.0500. The van der Waals surface area contributed by atoms with E-state index in [-0.39, 0.29) is 11.3 Å². The Morgan fingerprint density at radius 2 is 1.82 bits per heavy atom. The second kappa shape index (κ2) is 7.21. The molecule has 0 fully saturated rings. The van der Waals surface area contributed by atoms with Gasteiger partial charge in [0.2, 0.25) is 0 Å². The van der Waals surface area contributed by atoms with E-state index < -0.39 is 17.9 Å². The van der Waals surface area contributed by atoms with Crippen LogP contribution in [0, 0.1) is 0 Å². The number of carboxylic acid groups (broad SMARTS) is 1. The summed E-state index contributed by atoms with van der Waals surface area (Å²) in [5.41, 5.74) is 1.65. The van der Waals surface area contributed by atoms with Crippen molar-refractivity contribution in [1.82, 2.24) is 9.78 Å². The molecule has 0 unspecified atom stereocenters. The summed E-state index contributed by atoms with van der Waals surface area (Å²) in [7, 11) is 0. The Morgan fingerprint density at radius 1 is 1.11 bits per heavy atom. The van der Waals surface area contributed by atoms with Crippen LogP contribution in [0.15, 0.2) is 72.6 Å². The standard InChI is InChI=1S/C20H15ClN4O3/c21-13-6-8-14(9-7-13)23-19(26)15-11-22-25-17(12-4-2-1-3-5-12)10-16(20(27)28)24-18(15)25/h1-11,17,24H,(H,23,26)(H,27,28)/t17-/m1/s1. The molecule has 1 atom stereocenters. The molecule has 4 rings (SSSR count). The molecular formula is C20H15ClN4O3. The Labute approximate surface area is 165 Å². The summed E-state index contributed by atoms with van der Waals surface area (Å²) in [6.07, 6.45) is 2.99. The number of aliphatic carboxylic acids is 1. The third-order valence-electron chi connectivity index (χ3n) is 4.35. The van der Waals surface area contributed by atoms with Crippen LogP contribution in [0.1, 0.15) is 22.0 Å². The number of carbonyl (C=O) groups excluding carboxylic acids is 1. The van der Waals surface area contributed by atoms with E-state index >= 15 is 0 Å². The highest BCUT2D eigenvalue weighted by molar-refractivity contribution is 6.30. The van der Waals surface area contributed by atoms with Gasteiger partial charge >= 0.3 is 5.97 Å². The van der Waals surface area contributed by atoms with Gasteiger partial charge in [0.1, 0.15) is 17.1 Å². The minimum atomic E-state index is -1.11. The van der Waals surface area contributed by atoms with Crippen LogP contribution in [0.5, 0.6) is 0 Å². The predicted octanol–water partition coefficient (Wildman–Crippen LogP) is 3.77. The van der Waals surface area contributed by atoms with Gasteiger partial charge in [0, 0.05) is 10.7 Å². The molecule has 1 aliphatic rings. The molecule has 0 saturated carbocycles. The second-order valence-electron chi connectivity index (χ2n) is 6.18. The van der Waals surface area contributed by atoms with Crippen molar-refractivity contribution in [3.05, 3.63) is 88.7 Å². The van der Waals surface area contributed by atoms with E-state index in [1.807, 2.05) is 30.3 Å². The minimum Gasteiger partial charge on any atom is -0.477 e. The van der Waals surface area contributed by atoms with Gasteiger partial charge in [-0.3, -0.25) is 4.79 Å².